The molecule has 1 N–H and O–H groups in total. The summed E-state index contributed by atoms with van der Waals surface area (Å²) in [6, 6.07) is 0.612. The van der Waals surface area contributed by atoms with E-state index >= 15 is 0 Å². The Hall–Kier alpha value is -0.640. The summed E-state index contributed by atoms with van der Waals surface area (Å²) in [4.78, 5) is 0. The molecule has 1 saturated carbocycles. The van der Waals surface area contributed by atoms with Gasteiger partial charge in [-0.25, -0.2) is 0 Å². The Bertz CT molecular complexity index is 282. The number of hydrogen-bond acceptors (Lipinski definition) is 2. The van der Waals surface area contributed by atoms with Crippen LogP contribution in [0.1, 0.15) is 31.7 Å². The maximum atomic E-state index is 5.07. The number of hydrogen-bond donors (Lipinski definition) is 1. The zero-order valence-electron chi connectivity index (χ0n) is 6.29. The summed E-state index contributed by atoms with van der Waals surface area (Å²) in [5.74, 6) is 0. The minimum atomic E-state index is 0.612. The molecule has 1 aromatic rings. The van der Waals surface area contributed by atoms with Crippen LogP contribution in [0.15, 0.2) is 6.33 Å². The number of rotatable bonds is 1. The first kappa shape index (κ1) is 7.03. The fraction of sp³-hybridized carbons (Fsp3) is 0.714. The quantitative estimate of drug-likeness (QED) is 0.653. The van der Waals surface area contributed by atoms with Gasteiger partial charge in [-0.15, -0.1) is 0 Å². The molecule has 1 aromatic heterocycles. The molecule has 1 aliphatic carbocycles. The van der Waals surface area contributed by atoms with E-state index in [9.17, 15) is 0 Å². The van der Waals surface area contributed by atoms with Crippen molar-refractivity contribution < 1.29 is 0 Å². The third-order valence-corrected chi connectivity index (χ3v) is 2.60. The minimum absolute atomic E-state index is 0.612. The van der Waals surface area contributed by atoms with Crippen molar-refractivity contribution in [3.05, 3.63) is 11.1 Å². The molecule has 0 saturated heterocycles. The van der Waals surface area contributed by atoms with Gasteiger partial charge in [-0.05, 0) is 25.1 Å². The van der Waals surface area contributed by atoms with Crippen molar-refractivity contribution in [3.8, 4) is 0 Å². The molecule has 0 amide bonds. The molecule has 1 fully saturated rings. The van der Waals surface area contributed by atoms with E-state index in [0.717, 1.165) is 4.77 Å². The Kier molecular flexibility index (Phi) is 1.77. The highest BCUT2D eigenvalue weighted by Crippen LogP contribution is 2.28. The van der Waals surface area contributed by atoms with Crippen LogP contribution in [0.5, 0.6) is 0 Å². The topological polar surface area (TPSA) is 33.6 Å². The van der Waals surface area contributed by atoms with Crippen LogP contribution in [-0.4, -0.2) is 14.8 Å². The molecule has 0 atom stereocenters. The minimum Gasteiger partial charge on any atom is -0.304 e. The molecular weight excluding hydrogens is 158 g/mol. The molecule has 0 unspecified atom stereocenters. The lowest BCUT2D eigenvalue weighted by Crippen LogP contribution is -2.02. The van der Waals surface area contributed by atoms with Crippen molar-refractivity contribution in [2.75, 3.05) is 0 Å². The highest BCUT2D eigenvalue weighted by atomic mass is 32.1. The van der Waals surface area contributed by atoms with E-state index < -0.39 is 0 Å². The molecule has 0 bridgehead atoms. The van der Waals surface area contributed by atoms with E-state index in [2.05, 4.69) is 14.8 Å². The van der Waals surface area contributed by atoms with Crippen molar-refractivity contribution in [2.45, 2.75) is 31.7 Å². The summed E-state index contributed by atoms with van der Waals surface area (Å²) < 4.78 is 2.83. The highest BCUT2D eigenvalue weighted by molar-refractivity contribution is 7.71. The third-order valence-electron chi connectivity index (χ3n) is 2.29. The molecule has 0 spiro atoms. The van der Waals surface area contributed by atoms with Crippen LogP contribution in [-0.2, 0) is 0 Å². The lowest BCUT2D eigenvalue weighted by molar-refractivity contribution is 0.511. The third kappa shape index (κ3) is 1.22. The molecule has 11 heavy (non-hydrogen) atoms. The highest BCUT2D eigenvalue weighted by Gasteiger charge is 2.16. The van der Waals surface area contributed by atoms with Crippen LogP contribution in [0, 0.1) is 4.77 Å². The van der Waals surface area contributed by atoms with Crippen molar-refractivity contribution in [2.24, 2.45) is 0 Å². The molecule has 0 radical (unpaired) electrons. The number of H-pyrrole nitrogens is 1. The van der Waals surface area contributed by atoms with Gasteiger partial charge in [0.15, 0.2) is 4.77 Å². The molecule has 0 aliphatic heterocycles. The maximum absolute atomic E-state index is 5.07. The van der Waals surface area contributed by atoms with Crippen LogP contribution in [0.2, 0.25) is 0 Å². The van der Waals surface area contributed by atoms with Gasteiger partial charge in [-0.2, -0.15) is 5.10 Å². The predicted molar refractivity (Wildman–Crippen MR) is 44.9 cm³/mol. The average Bonchev–Trinajstić information content (AvgIpc) is 2.55. The molecule has 3 nitrogen and oxygen atoms in total. The summed E-state index contributed by atoms with van der Waals surface area (Å²) in [5.41, 5.74) is 0. The summed E-state index contributed by atoms with van der Waals surface area (Å²) >= 11 is 5.07. The summed E-state index contributed by atoms with van der Waals surface area (Å²) in [5, 5.41) is 6.67. The fourth-order valence-electron chi connectivity index (χ4n) is 1.70. The van der Waals surface area contributed by atoms with E-state index in [1.165, 1.54) is 25.7 Å². The van der Waals surface area contributed by atoms with Crippen LogP contribution >= 0.6 is 12.2 Å². The Morgan fingerprint density at radius 1 is 1.55 bits per heavy atom. The van der Waals surface area contributed by atoms with Gasteiger partial charge < -0.3 is 4.57 Å². The Morgan fingerprint density at radius 2 is 2.27 bits per heavy atom. The van der Waals surface area contributed by atoms with E-state index in [-0.39, 0.29) is 0 Å². The second kappa shape index (κ2) is 2.77. The zero-order chi connectivity index (χ0) is 7.68. The van der Waals surface area contributed by atoms with Crippen molar-refractivity contribution in [1.29, 1.82) is 0 Å². The molecular formula is C7H11N3S. The van der Waals surface area contributed by atoms with Gasteiger partial charge in [0.1, 0.15) is 6.33 Å². The summed E-state index contributed by atoms with van der Waals surface area (Å²) in [7, 11) is 0. The maximum Gasteiger partial charge on any atom is 0.195 e. The zero-order valence-corrected chi connectivity index (χ0v) is 7.10. The predicted octanol–water partition coefficient (Wildman–Crippen LogP) is 2.06. The van der Waals surface area contributed by atoms with Gasteiger partial charge in [0.05, 0.1) is 0 Å². The SMILES string of the molecule is S=c1[nH]ncn1C1CCCC1. The second-order valence-corrected chi connectivity index (χ2v) is 3.39. The number of aromatic nitrogens is 3. The van der Waals surface area contributed by atoms with Crippen LogP contribution in [0.3, 0.4) is 0 Å². The molecule has 60 valence electrons. The molecule has 0 aromatic carbocycles. The first-order valence-electron chi connectivity index (χ1n) is 3.99. The van der Waals surface area contributed by atoms with Gasteiger partial charge in [-0.1, -0.05) is 12.8 Å². The second-order valence-electron chi connectivity index (χ2n) is 3.01. The normalized spacial score (nSPS) is 19.3. The molecule has 4 heteroatoms. The van der Waals surface area contributed by atoms with Crippen LogP contribution in [0.25, 0.3) is 0 Å². The smallest absolute Gasteiger partial charge is 0.195 e. The average molecular weight is 169 g/mol. The number of nitrogens with zero attached hydrogens (tertiary/aromatic N) is 2. The van der Waals surface area contributed by atoms with E-state index in [4.69, 9.17) is 12.2 Å². The molecule has 2 rings (SSSR count). The lowest BCUT2D eigenvalue weighted by atomic mass is 10.2. The number of aromatic amines is 1. The number of nitrogens with one attached hydrogen (secondary N) is 1. The van der Waals surface area contributed by atoms with Crippen molar-refractivity contribution in [3.63, 3.8) is 0 Å². The largest absolute Gasteiger partial charge is 0.304 e. The van der Waals surface area contributed by atoms with E-state index in [0.29, 0.717) is 6.04 Å². The van der Waals surface area contributed by atoms with Crippen molar-refractivity contribution >= 4 is 12.2 Å². The van der Waals surface area contributed by atoms with Gasteiger partial charge >= 0.3 is 0 Å². The van der Waals surface area contributed by atoms with Gasteiger partial charge in [-0.3, -0.25) is 5.10 Å². The summed E-state index contributed by atoms with van der Waals surface area (Å²) in [6.45, 7) is 0. The lowest BCUT2D eigenvalue weighted by Gasteiger charge is -2.08. The van der Waals surface area contributed by atoms with Gasteiger partial charge in [0.2, 0.25) is 0 Å². The van der Waals surface area contributed by atoms with Crippen molar-refractivity contribution in [1.82, 2.24) is 14.8 Å². The van der Waals surface area contributed by atoms with Gasteiger partial charge in [0.25, 0.3) is 0 Å². The Morgan fingerprint density at radius 3 is 2.82 bits per heavy atom. The fourth-order valence-corrected chi connectivity index (χ4v) is 1.95. The van der Waals surface area contributed by atoms with Crippen LogP contribution < -0.4 is 0 Å². The standard InChI is InChI=1S/C7H11N3S/c11-7-9-8-5-10(7)6-3-1-2-4-6/h5-6H,1-4H2,(H,9,11). The molecule has 1 aliphatic rings. The summed E-state index contributed by atoms with van der Waals surface area (Å²) in [6.07, 6.45) is 6.98. The van der Waals surface area contributed by atoms with E-state index in [1.54, 1.807) is 6.33 Å². The monoisotopic (exact) mass is 169 g/mol. The van der Waals surface area contributed by atoms with Crippen LogP contribution in [0.4, 0.5) is 0 Å². The first-order chi connectivity index (χ1) is 5.38. The van der Waals surface area contributed by atoms with Gasteiger partial charge in [0, 0.05) is 6.04 Å². The Labute approximate surface area is 70.4 Å². The Balaban J connectivity index is 2.28. The molecule has 1 heterocycles. The van der Waals surface area contributed by atoms with E-state index in [1.807, 2.05) is 0 Å². The first-order valence-corrected chi connectivity index (χ1v) is 4.40.